The second kappa shape index (κ2) is 8.24. The van der Waals surface area contributed by atoms with Crippen LogP contribution in [0.15, 0.2) is 22.7 Å². The van der Waals surface area contributed by atoms with Gasteiger partial charge in [-0.3, -0.25) is 0 Å². The third-order valence-corrected chi connectivity index (χ3v) is 3.82. The third kappa shape index (κ3) is 4.89. The zero-order valence-electron chi connectivity index (χ0n) is 12.3. The van der Waals surface area contributed by atoms with Crippen LogP contribution >= 0.6 is 15.9 Å². The average molecular weight is 356 g/mol. The van der Waals surface area contributed by atoms with E-state index < -0.39 is 0 Å². The molecule has 0 unspecified atom stereocenters. The Kier molecular flexibility index (Phi) is 6.32. The molecule has 2 amide bonds. The molecular formula is C15H22BrN3O2. The highest BCUT2D eigenvalue weighted by atomic mass is 79.9. The number of hydrogen-bond acceptors (Lipinski definition) is 3. The van der Waals surface area contributed by atoms with Crippen molar-refractivity contribution in [2.75, 3.05) is 32.8 Å². The summed E-state index contributed by atoms with van der Waals surface area (Å²) in [7, 11) is 0. The first-order valence-corrected chi connectivity index (χ1v) is 8.14. The molecule has 5 nitrogen and oxygen atoms in total. The number of urea groups is 1. The fraction of sp³-hybridized carbons (Fsp3) is 0.533. The first-order valence-electron chi connectivity index (χ1n) is 7.35. The summed E-state index contributed by atoms with van der Waals surface area (Å²) in [6.07, 6.45) is 1.11. The molecule has 1 aromatic carbocycles. The van der Waals surface area contributed by atoms with Crippen LogP contribution in [-0.2, 0) is 6.54 Å². The molecule has 6 heteroatoms. The quantitative estimate of drug-likeness (QED) is 0.703. The number of ether oxygens (including phenoxy) is 1. The lowest BCUT2D eigenvalue weighted by atomic mass is 10.2. The van der Waals surface area contributed by atoms with E-state index in [1.165, 1.54) is 0 Å². The summed E-state index contributed by atoms with van der Waals surface area (Å²) in [4.78, 5) is 13.2. The van der Waals surface area contributed by atoms with Gasteiger partial charge in [0.25, 0.3) is 0 Å². The molecule has 1 saturated heterocycles. The van der Waals surface area contributed by atoms with E-state index in [-0.39, 0.29) is 6.03 Å². The van der Waals surface area contributed by atoms with Gasteiger partial charge in [0, 0.05) is 29.7 Å². The number of halogens is 1. The largest absolute Gasteiger partial charge is 0.491 e. The Balaban J connectivity index is 1.87. The average Bonchev–Trinajstić information content (AvgIpc) is 2.87. The molecule has 0 radical (unpaired) electrons. The number of carbonyl (C=O) groups is 1. The molecule has 1 aromatic rings. The van der Waals surface area contributed by atoms with Gasteiger partial charge in [0.05, 0.1) is 6.54 Å². The highest BCUT2D eigenvalue weighted by molar-refractivity contribution is 9.10. The number of nitrogens with zero attached hydrogens (tertiary/aromatic N) is 1. The van der Waals surface area contributed by atoms with Crippen LogP contribution in [-0.4, -0.2) is 43.7 Å². The predicted octanol–water partition coefficient (Wildman–Crippen LogP) is 2.35. The molecule has 1 aliphatic heterocycles. The summed E-state index contributed by atoms with van der Waals surface area (Å²) in [6, 6.07) is 6.01. The second-order valence-corrected chi connectivity index (χ2v) is 5.91. The van der Waals surface area contributed by atoms with Crippen LogP contribution in [0.1, 0.15) is 18.9 Å². The van der Waals surface area contributed by atoms with E-state index in [0.29, 0.717) is 13.2 Å². The Morgan fingerprint density at radius 1 is 1.48 bits per heavy atom. The van der Waals surface area contributed by atoms with E-state index in [9.17, 15) is 4.79 Å². The SMILES string of the molecule is CCCNCc1cc(Br)ccc1OCCN1CCNC1=O. The molecule has 1 aliphatic rings. The van der Waals surface area contributed by atoms with Crippen LogP contribution in [0.5, 0.6) is 5.75 Å². The highest BCUT2D eigenvalue weighted by Crippen LogP contribution is 2.23. The Bertz CT molecular complexity index is 482. The number of benzene rings is 1. The zero-order chi connectivity index (χ0) is 15.1. The number of rotatable bonds is 8. The molecule has 0 bridgehead atoms. The van der Waals surface area contributed by atoms with Crippen molar-refractivity contribution >= 4 is 22.0 Å². The molecule has 2 N–H and O–H groups in total. The van der Waals surface area contributed by atoms with E-state index in [1.807, 2.05) is 12.1 Å². The van der Waals surface area contributed by atoms with Gasteiger partial charge in [-0.15, -0.1) is 0 Å². The van der Waals surface area contributed by atoms with Crippen LogP contribution in [0.4, 0.5) is 4.79 Å². The summed E-state index contributed by atoms with van der Waals surface area (Å²) in [6.45, 7) is 6.52. The zero-order valence-corrected chi connectivity index (χ0v) is 13.9. The highest BCUT2D eigenvalue weighted by Gasteiger charge is 2.18. The van der Waals surface area contributed by atoms with Crippen molar-refractivity contribution in [3.8, 4) is 5.75 Å². The van der Waals surface area contributed by atoms with Gasteiger partial charge in [0.2, 0.25) is 0 Å². The Morgan fingerprint density at radius 3 is 3.05 bits per heavy atom. The van der Waals surface area contributed by atoms with Crippen molar-refractivity contribution < 1.29 is 9.53 Å². The molecule has 2 rings (SSSR count). The standard InChI is InChI=1S/C15H22BrN3O2/c1-2-5-17-11-12-10-13(16)3-4-14(12)21-9-8-19-7-6-18-15(19)20/h3-4,10,17H,2,5-9,11H2,1H3,(H,18,20). The normalized spacial score (nSPS) is 14.4. The van der Waals surface area contributed by atoms with Crippen molar-refractivity contribution in [2.24, 2.45) is 0 Å². The van der Waals surface area contributed by atoms with Crippen LogP contribution in [0.25, 0.3) is 0 Å². The fourth-order valence-electron chi connectivity index (χ4n) is 2.22. The maximum absolute atomic E-state index is 11.4. The Labute approximate surface area is 134 Å². The minimum absolute atomic E-state index is 0.000702. The van der Waals surface area contributed by atoms with Crippen molar-refractivity contribution in [1.29, 1.82) is 0 Å². The van der Waals surface area contributed by atoms with Crippen molar-refractivity contribution in [1.82, 2.24) is 15.5 Å². The van der Waals surface area contributed by atoms with Crippen molar-refractivity contribution in [3.63, 3.8) is 0 Å². The lowest BCUT2D eigenvalue weighted by molar-refractivity contribution is 0.202. The van der Waals surface area contributed by atoms with Gasteiger partial charge in [0.1, 0.15) is 12.4 Å². The van der Waals surface area contributed by atoms with E-state index >= 15 is 0 Å². The topological polar surface area (TPSA) is 53.6 Å². The molecule has 21 heavy (non-hydrogen) atoms. The fourth-order valence-corrected chi connectivity index (χ4v) is 2.63. The molecule has 1 fully saturated rings. The number of nitrogens with one attached hydrogen (secondary N) is 2. The number of carbonyl (C=O) groups excluding carboxylic acids is 1. The van der Waals surface area contributed by atoms with Crippen LogP contribution < -0.4 is 15.4 Å². The minimum atomic E-state index is -0.000702. The van der Waals surface area contributed by atoms with Gasteiger partial charge in [-0.25, -0.2) is 4.79 Å². The van der Waals surface area contributed by atoms with Gasteiger partial charge >= 0.3 is 6.03 Å². The predicted molar refractivity (Wildman–Crippen MR) is 86.6 cm³/mol. The van der Waals surface area contributed by atoms with E-state index in [2.05, 4.69) is 39.6 Å². The molecule has 0 aromatic heterocycles. The second-order valence-electron chi connectivity index (χ2n) is 5.00. The third-order valence-electron chi connectivity index (χ3n) is 3.33. The first kappa shape index (κ1) is 16.1. The minimum Gasteiger partial charge on any atom is -0.491 e. The van der Waals surface area contributed by atoms with Crippen LogP contribution in [0, 0.1) is 0 Å². The van der Waals surface area contributed by atoms with Gasteiger partial charge in [-0.2, -0.15) is 0 Å². The molecule has 0 aliphatic carbocycles. The van der Waals surface area contributed by atoms with Gasteiger partial charge in [-0.05, 0) is 31.2 Å². The first-order chi connectivity index (χ1) is 10.2. The molecule has 0 spiro atoms. The molecule has 0 atom stereocenters. The molecular weight excluding hydrogens is 334 g/mol. The van der Waals surface area contributed by atoms with Gasteiger partial charge < -0.3 is 20.3 Å². The smallest absolute Gasteiger partial charge is 0.317 e. The van der Waals surface area contributed by atoms with Gasteiger partial charge in [0.15, 0.2) is 0 Å². The van der Waals surface area contributed by atoms with Crippen LogP contribution in [0.2, 0.25) is 0 Å². The van der Waals surface area contributed by atoms with E-state index in [0.717, 1.165) is 48.4 Å². The van der Waals surface area contributed by atoms with Crippen LogP contribution in [0.3, 0.4) is 0 Å². The maximum atomic E-state index is 11.4. The van der Waals surface area contributed by atoms with Crippen molar-refractivity contribution in [2.45, 2.75) is 19.9 Å². The Hall–Kier alpha value is -1.27. The maximum Gasteiger partial charge on any atom is 0.317 e. The van der Waals surface area contributed by atoms with Gasteiger partial charge in [-0.1, -0.05) is 22.9 Å². The Morgan fingerprint density at radius 2 is 2.33 bits per heavy atom. The summed E-state index contributed by atoms with van der Waals surface area (Å²) >= 11 is 3.49. The molecule has 116 valence electrons. The lowest BCUT2D eigenvalue weighted by Gasteiger charge is -2.16. The number of amides is 2. The van der Waals surface area contributed by atoms with E-state index in [1.54, 1.807) is 4.90 Å². The summed E-state index contributed by atoms with van der Waals surface area (Å²) < 4.78 is 6.89. The van der Waals surface area contributed by atoms with E-state index in [4.69, 9.17) is 4.74 Å². The molecule has 0 saturated carbocycles. The lowest BCUT2D eigenvalue weighted by Crippen LogP contribution is -2.32. The monoisotopic (exact) mass is 355 g/mol. The van der Waals surface area contributed by atoms with Crippen molar-refractivity contribution in [3.05, 3.63) is 28.2 Å². The summed E-state index contributed by atoms with van der Waals surface area (Å²) in [5.41, 5.74) is 1.13. The molecule has 1 heterocycles. The summed E-state index contributed by atoms with van der Waals surface area (Å²) in [5.74, 6) is 0.876. The number of hydrogen-bond donors (Lipinski definition) is 2. The summed E-state index contributed by atoms with van der Waals surface area (Å²) in [5, 5.41) is 6.17.